The fraction of sp³-hybridized carbons (Fsp3) is 0.500. The maximum absolute atomic E-state index is 14.0. The number of carbonyl (C=O) groups excluding carboxylic acids is 1. The maximum Gasteiger partial charge on any atom is 0.308 e. The van der Waals surface area contributed by atoms with E-state index in [1.54, 1.807) is 30.3 Å². The number of hydrogen-bond acceptors (Lipinski definition) is 8. The molecule has 0 radical (unpaired) electrons. The lowest BCUT2D eigenvalue weighted by Gasteiger charge is -2.29. The first-order valence-electron chi connectivity index (χ1n) is 11.8. The number of morpholine rings is 1. The number of esters is 1. The van der Waals surface area contributed by atoms with Crippen LogP contribution in [0.2, 0.25) is 0 Å². The van der Waals surface area contributed by atoms with Crippen molar-refractivity contribution in [1.82, 2.24) is 19.5 Å². The van der Waals surface area contributed by atoms with Crippen molar-refractivity contribution in [3.63, 3.8) is 0 Å². The van der Waals surface area contributed by atoms with Gasteiger partial charge in [-0.05, 0) is 37.8 Å². The largest absolute Gasteiger partial charge is 0.474 e. The monoisotopic (exact) mass is 487 g/mol. The van der Waals surface area contributed by atoms with Crippen molar-refractivity contribution < 1.29 is 27.8 Å². The molecule has 35 heavy (non-hydrogen) atoms. The van der Waals surface area contributed by atoms with Crippen LogP contribution in [0.4, 0.5) is 14.7 Å². The summed E-state index contributed by atoms with van der Waals surface area (Å²) in [6.07, 6.45) is -0.280. The minimum atomic E-state index is -2.79. The summed E-state index contributed by atoms with van der Waals surface area (Å²) in [7, 11) is 1.40. The molecule has 0 atom stereocenters. The minimum absolute atomic E-state index is 0.129. The SMILES string of the molecule is COC(=O)[C@H]1CC[C@H](Oc2cc(-n3c(C(F)F)nc4ccccc43)nc(N3CCOCC3)n2)CC1. The Balaban J connectivity index is 1.50. The fourth-order valence-electron chi connectivity index (χ4n) is 4.67. The number of alkyl halides is 2. The van der Waals surface area contributed by atoms with E-state index in [9.17, 15) is 13.6 Å². The molecule has 1 aliphatic heterocycles. The lowest BCUT2D eigenvalue weighted by atomic mass is 9.87. The molecule has 0 amide bonds. The second-order valence-electron chi connectivity index (χ2n) is 8.67. The molecule has 1 saturated heterocycles. The molecule has 1 aliphatic carbocycles. The van der Waals surface area contributed by atoms with Crippen LogP contribution >= 0.6 is 0 Å². The third-order valence-electron chi connectivity index (χ3n) is 6.48. The highest BCUT2D eigenvalue weighted by molar-refractivity contribution is 5.78. The quantitative estimate of drug-likeness (QED) is 0.486. The highest BCUT2D eigenvalue weighted by atomic mass is 19.3. The van der Waals surface area contributed by atoms with Gasteiger partial charge >= 0.3 is 5.97 Å². The van der Waals surface area contributed by atoms with Gasteiger partial charge < -0.3 is 19.1 Å². The Hall–Kier alpha value is -3.34. The molecule has 3 heterocycles. The Kier molecular flexibility index (Phi) is 6.76. The average molecular weight is 488 g/mol. The summed E-state index contributed by atoms with van der Waals surface area (Å²) in [6.45, 7) is 2.22. The van der Waals surface area contributed by atoms with Crippen LogP contribution in [0.25, 0.3) is 16.9 Å². The first-order valence-corrected chi connectivity index (χ1v) is 11.8. The molecule has 1 aromatic carbocycles. The van der Waals surface area contributed by atoms with E-state index in [4.69, 9.17) is 14.2 Å². The van der Waals surface area contributed by atoms with Gasteiger partial charge in [-0.2, -0.15) is 9.97 Å². The number of fused-ring (bicyclic) bond motifs is 1. The standard InChI is InChI=1S/C24H27F2N5O4/c1-33-23(32)15-6-8-16(9-7-15)35-20-14-19(28-24(29-20)30-10-12-34-13-11-30)31-18-5-3-2-4-17(18)27-22(31)21(25)26/h2-5,14-16,21H,6-13H2,1H3/t15-,16-. The third kappa shape index (κ3) is 4.90. The van der Waals surface area contributed by atoms with Crippen LogP contribution in [-0.4, -0.2) is 65.0 Å². The van der Waals surface area contributed by atoms with Crippen molar-refractivity contribution in [1.29, 1.82) is 0 Å². The fourth-order valence-corrected chi connectivity index (χ4v) is 4.67. The second-order valence-corrected chi connectivity index (χ2v) is 8.67. The van der Waals surface area contributed by atoms with Crippen molar-refractivity contribution in [3.8, 4) is 11.7 Å². The summed E-state index contributed by atoms with van der Waals surface area (Å²) in [5, 5.41) is 0. The van der Waals surface area contributed by atoms with E-state index in [0.29, 0.717) is 74.8 Å². The molecular weight excluding hydrogens is 460 g/mol. The zero-order chi connectivity index (χ0) is 24.4. The van der Waals surface area contributed by atoms with Crippen LogP contribution in [0, 0.1) is 5.92 Å². The van der Waals surface area contributed by atoms with Gasteiger partial charge in [-0.15, -0.1) is 0 Å². The number of carbonyl (C=O) groups is 1. The third-order valence-corrected chi connectivity index (χ3v) is 6.48. The summed E-state index contributed by atoms with van der Waals surface area (Å²) in [4.78, 5) is 27.2. The van der Waals surface area contributed by atoms with Crippen LogP contribution in [0.15, 0.2) is 30.3 Å². The number of benzene rings is 1. The van der Waals surface area contributed by atoms with Crippen LogP contribution in [0.1, 0.15) is 37.9 Å². The van der Waals surface area contributed by atoms with Crippen LogP contribution < -0.4 is 9.64 Å². The van der Waals surface area contributed by atoms with E-state index >= 15 is 0 Å². The van der Waals surface area contributed by atoms with Gasteiger partial charge in [-0.25, -0.2) is 13.8 Å². The summed E-state index contributed by atoms with van der Waals surface area (Å²) < 4.78 is 45.9. The normalized spacial score (nSPS) is 20.9. The molecule has 3 aromatic rings. The van der Waals surface area contributed by atoms with E-state index in [-0.39, 0.29) is 29.6 Å². The molecule has 2 aromatic heterocycles. The number of imidazole rings is 1. The lowest BCUT2D eigenvalue weighted by molar-refractivity contribution is -0.147. The smallest absolute Gasteiger partial charge is 0.308 e. The lowest BCUT2D eigenvalue weighted by Crippen LogP contribution is -2.37. The summed E-state index contributed by atoms with van der Waals surface area (Å²) in [5.41, 5.74) is 0.983. The highest BCUT2D eigenvalue weighted by Crippen LogP contribution is 2.32. The minimum Gasteiger partial charge on any atom is -0.474 e. The van der Waals surface area contributed by atoms with E-state index in [1.165, 1.54) is 11.7 Å². The Morgan fingerprint density at radius 3 is 2.54 bits per heavy atom. The number of methoxy groups -OCH3 is 1. The Bertz CT molecular complexity index is 1190. The Morgan fingerprint density at radius 2 is 1.83 bits per heavy atom. The van der Waals surface area contributed by atoms with Gasteiger partial charge in [0.2, 0.25) is 11.8 Å². The summed E-state index contributed by atoms with van der Waals surface area (Å²) in [6, 6.07) is 8.54. The molecule has 1 saturated carbocycles. The molecule has 2 fully saturated rings. The number of halogens is 2. The van der Waals surface area contributed by atoms with Crippen molar-refractivity contribution in [2.24, 2.45) is 5.92 Å². The molecule has 11 heteroatoms. The number of hydrogen-bond donors (Lipinski definition) is 0. The van der Waals surface area contributed by atoms with Gasteiger partial charge in [0.1, 0.15) is 11.9 Å². The molecule has 9 nitrogen and oxygen atoms in total. The number of nitrogens with zero attached hydrogens (tertiary/aromatic N) is 5. The van der Waals surface area contributed by atoms with Crippen LogP contribution in [0.3, 0.4) is 0 Å². The average Bonchev–Trinajstić information content (AvgIpc) is 3.29. The zero-order valence-electron chi connectivity index (χ0n) is 19.4. The first-order chi connectivity index (χ1) is 17.0. The van der Waals surface area contributed by atoms with Gasteiger partial charge in [0.15, 0.2) is 5.82 Å². The molecule has 186 valence electrons. The maximum atomic E-state index is 14.0. The van der Waals surface area contributed by atoms with E-state index in [1.807, 2.05) is 4.90 Å². The van der Waals surface area contributed by atoms with Gasteiger partial charge in [-0.1, -0.05) is 12.1 Å². The predicted octanol–water partition coefficient (Wildman–Crippen LogP) is 3.70. The molecule has 2 aliphatic rings. The van der Waals surface area contributed by atoms with Crippen molar-refractivity contribution in [3.05, 3.63) is 36.2 Å². The van der Waals surface area contributed by atoms with Gasteiger partial charge in [0.05, 0.1) is 37.3 Å². The number of anilines is 1. The number of para-hydroxylation sites is 2. The first kappa shape index (κ1) is 23.4. The summed E-state index contributed by atoms with van der Waals surface area (Å²) >= 11 is 0. The van der Waals surface area contributed by atoms with E-state index < -0.39 is 6.43 Å². The van der Waals surface area contributed by atoms with E-state index in [0.717, 1.165) is 0 Å². The second kappa shape index (κ2) is 10.1. The number of aromatic nitrogens is 4. The van der Waals surface area contributed by atoms with Gasteiger partial charge in [0, 0.05) is 19.2 Å². The Morgan fingerprint density at radius 1 is 1.09 bits per heavy atom. The summed E-state index contributed by atoms with van der Waals surface area (Å²) in [5.74, 6) is 0.244. The molecule has 0 N–H and O–H groups in total. The number of rotatable bonds is 6. The molecule has 0 bridgehead atoms. The van der Waals surface area contributed by atoms with Crippen LogP contribution in [-0.2, 0) is 14.3 Å². The zero-order valence-corrected chi connectivity index (χ0v) is 19.4. The molecular formula is C24H27F2N5O4. The predicted molar refractivity (Wildman–Crippen MR) is 123 cm³/mol. The molecule has 0 unspecified atom stereocenters. The van der Waals surface area contributed by atoms with Gasteiger partial charge in [0.25, 0.3) is 6.43 Å². The van der Waals surface area contributed by atoms with Crippen molar-refractivity contribution in [2.75, 3.05) is 38.3 Å². The molecule has 5 rings (SSSR count). The number of ether oxygens (including phenoxy) is 3. The van der Waals surface area contributed by atoms with Crippen LogP contribution in [0.5, 0.6) is 5.88 Å². The topological polar surface area (TPSA) is 91.6 Å². The highest BCUT2D eigenvalue weighted by Gasteiger charge is 2.29. The Labute approximate surface area is 201 Å². The van der Waals surface area contributed by atoms with E-state index in [2.05, 4.69) is 15.0 Å². The van der Waals surface area contributed by atoms with Crippen molar-refractivity contribution >= 4 is 23.0 Å². The van der Waals surface area contributed by atoms with Crippen molar-refractivity contribution in [2.45, 2.75) is 38.2 Å². The molecule has 0 spiro atoms. The van der Waals surface area contributed by atoms with Gasteiger partial charge in [-0.3, -0.25) is 9.36 Å².